The molecule has 0 bridgehead atoms. The molecule has 4 nitrogen and oxygen atoms in total. The van der Waals surface area contributed by atoms with Crippen molar-refractivity contribution in [2.75, 3.05) is 11.9 Å². The molecule has 0 saturated carbocycles. The summed E-state index contributed by atoms with van der Waals surface area (Å²) in [6.45, 7) is 1.85. The van der Waals surface area contributed by atoms with Crippen LogP contribution in [-0.2, 0) is 0 Å². The van der Waals surface area contributed by atoms with E-state index >= 15 is 0 Å². The number of aryl methyl sites for hydroxylation is 1. The van der Waals surface area contributed by atoms with E-state index in [9.17, 15) is 9.59 Å². The number of hydrogen-bond acceptors (Lipinski definition) is 3. The highest BCUT2D eigenvalue weighted by Crippen LogP contribution is 2.18. The summed E-state index contributed by atoms with van der Waals surface area (Å²) in [4.78, 5) is 24.5. The molecule has 0 heterocycles. The van der Waals surface area contributed by atoms with Crippen LogP contribution in [0, 0.1) is 6.92 Å². The normalized spacial score (nSPS) is 10.3. The third-order valence-electron chi connectivity index (χ3n) is 4.04. The summed E-state index contributed by atoms with van der Waals surface area (Å²) in [5.41, 5.74) is 2.81. The first-order valence-electron chi connectivity index (χ1n) is 8.41. The van der Waals surface area contributed by atoms with Crippen molar-refractivity contribution in [3.8, 4) is 5.75 Å². The zero-order valence-electron chi connectivity index (χ0n) is 14.7. The molecule has 0 radical (unpaired) electrons. The van der Waals surface area contributed by atoms with Crippen molar-refractivity contribution in [2.45, 2.75) is 6.92 Å². The van der Waals surface area contributed by atoms with Crippen molar-refractivity contribution in [3.05, 3.63) is 94.0 Å². The van der Waals surface area contributed by atoms with Gasteiger partial charge in [0, 0.05) is 21.3 Å². The fourth-order valence-corrected chi connectivity index (χ4v) is 2.79. The Labute approximate surface area is 166 Å². The Bertz CT molecular complexity index is 950. The summed E-state index contributed by atoms with van der Waals surface area (Å²) in [6.07, 6.45) is 0. The second-order valence-electron chi connectivity index (χ2n) is 6.01. The van der Waals surface area contributed by atoms with Gasteiger partial charge in [-0.05, 0) is 55.0 Å². The van der Waals surface area contributed by atoms with Crippen molar-refractivity contribution in [1.82, 2.24) is 0 Å². The molecule has 3 rings (SSSR count). The predicted molar refractivity (Wildman–Crippen MR) is 110 cm³/mol. The number of ether oxygens (including phenoxy) is 1. The summed E-state index contributed by atoms with van der Waals surface area (Å²) in [7, 11) is 0. The van der Waals surface area contributed by atoms with Crippen LogP contribution in [0.4, 0.5) is 5.69 Å². The quantitative estimate of drug-likeness (QED) is 0.549. The number of carbonyl (C=O) groups excluding carboxylic acids is 2. The summed E-state index contributed by atoms with van der Waals surface area (Å²) >= 11 is 3.34. The number of nitrogens with one attached hydrogen (secondary N) is 1. The molecule has 0 atom stereocenters. The third kappa shape index (κ3) is 5.05. The van der Waals surface area contributed by atoms with Gasteiger partial charge in [-0.25, -0.2) is 0 Å². The molecule has 0 aliphatic carbocycles. The zero-order valence-corrected chi connectivity index (χ0v) is 16.3. The summed E-state index contributed by atoms with van der Waals surface area (Å²) in [5, 5.41) is 2.86. The van der Waals surface area contributed by atoms with Gasteiger partial charge in [-0.15, -0.1) is 0 Å². The SMILES string of the molecule is Cc1ccccc1C(=O)Nc1ccc(OCC(=O)c2ccc(Br)cc2)cc1. The lowest BCUT2D eigenvalue weighted by Gasteiger charge is -2.09. The number of amides is 1. The van der Waals surface area contributed by atoms with Gasteiger partial charge in [-0.2, -0.15) is 0 Å². The number of benzene rings is 3. The minimum atomic E-state index is -0.160. The van der Waals surface area contributed by atoms with Crippen molar-refractivity contribution in [1.29, 1.82) is 0 Å². The fourth-order valence-electron chi connectivity index (χ4n) is 2.53. The summed E-state index contributed by atoms with van der Waals surface area (Å²) in [5.74, 6) is 0.306. The molecule has 0 unspecified atom stereocenters. The molecule has 0 spiro atoms. The van der Waals surface area contributed by atoms with Gasteiger partial charge in [0.15, 0.2) is 12.4 Å². The minimum Gasteiger partial charge on any atom is -0.485 e. The molecule has 1 amide bonds. The van der Waals surface area contributed by atoms with Gasteiger partial charge in [0.1, 0.15) is 5.75 Å². The molecule has 0 fully saturated rings. The van der Waals surface area contributed by atoms with Gasteiger partial charge in [-0.3, -0.25) is 9.59 Å². The smallest absolute Gasteiger partial charge is 0.255 e. The van der Waals surface area contributed by atoms with Gasteiger partial charge >= 0.3 is 0 Å². The van der Waals surface area contributed by atoms with Crippen LogP contribution in [0.15, 0.2) is 77.3 Å². The van der Waals surface area contributed by atoms with Crippen molar-refractivity contribution >= 4 is 33.3 Å². The predicted octanol–water partition coefficient (Wildman–Crippen LogP) is 5.27. The van der Waals surface area contributed by atoms with E-state index in [1.165, 1.54) is 0 Å². The Balaban J connectivity index is 1.57. The van der Waals surface area contributed by atoms with Crippen molar-refractivity contribution < 1.29 is 14.3 Å². The van der Waals surface area contributed by atoms with E-state index in [0.29, 0.717) is 22.6 Å². The molecular formula is C22H18BrNO3. The van der Waals surface area contributed by atoms with Crippen LogP contribution in [0.1, 0.15) is 26.3 Å². The average Bonchev–Trinajstić information content (AvgIpc) is 2.68. The maximum Gasteiger partial charge on any atom is 0.255 e. The lowest BCUT2D eigenvalue weighted by atomic mass is 10.1. The van der Waals surface area contributed by atoms with Crippen LogP contribution in [0.5, 0.6) is 5.75 Å². The van der Waals surface area contributed by atoms with Crippen LogP contribution in [-0.4, -0.2) is 18.3 Å². The van der Waals surface area contributed by atoms with Crippen molar-refractivity contribution in [2.24, 2.45) is 0 Å². The fraction of sp³-hybridized carbons (Fsp3) is 0.0909. The lowest BCUT2D eigenvalue weighted by Crippen LogP contribution is -2.13. The number of rotatable bonds is 6. The monoisotopic (exact) mass is 423 g/mol. The molecule has 3 aromatic carbocycles. The van der Waals surface area contributed by atoms with Gasteiger partial charge < -0.3 is 10.1 Å². The highest BCUT2D eigenvalue weighted by Gasteiger charge is 2.09. The molecule has 0 aliphatic rings. The Kier molecular flexibility index (Phi) is 6.04. The second kappa shape index (κ2) is 8.64. The van der Waals surface area contributed by atoms with Gasteiger partial charge in [0.2, 0.25) is 0 Å². The molecule has 5 heteroatoms. The Morgan fingerprint density at radius 1 is 0.926 bits per heavy atom. The van der Waals surface area contributed by atoms with Crippen LogP contribution in [0.2, 0.25) is 0 Å². The highest BCUT2D eigenvalue weighted by molar-refractivity contribution is 9.10. The standard InChI is InChI=1S/C22H18BrNO3/c1-15-4-2-3-5-20(15)22(26)24-18-10-12-19(13-11-18)27-14-21(25)16-6-8-17(23)9-7-16/h2-13H,14H2,1H3,(H,24,26). The first-order valence-corrected chi connectivity index (χ1v) is 9.21. The van der Waals surface area contributed by atoms with Crippen LogP contribution in [0.25, 0.3) is 0 Å². The van der Waals surface area contributed by atoms with Crippen LogP contribution < -0.4 is 10.1 Å². The van der Waals surface area contributed by atoms with E-state index in [-0.39, 0.29) is 18.3 Å². The number of Topliss-reactive ketones (excluding diaryl/α,β-unsaturated/α-hetero) is 1. The van der Waals surface area contributed by atoms with E-state index in [1.54, 1.807) is 42.5 Å². The van der Waals surface area contributed by atoms with Gasteiger partial charge in [-0.1, -0.05) is 46.3 Å². The van der Waals surface area contributed by atoms with Gasteiger partial charge in [0.25, 0.3) is 5.91 Å². The van der Waals surface area contributed by atoms with Crippen LogP contribution in [0.3, 0.4) is 0 Å². The summed E-state index contributed by atoms with van der Waals surface area (Å²) < 4.78 is 6.46. The molecule has 0 saturated heterocycles. The number of anilines is 1. The minimum absolute atomic E-state index is 0.0451. The van der Waals surface area contributed by atoms with Crippen LogP contribution >= 0.6 is 15.9 Å². The molecule has 136 valence electrons. The molecular weight excluding hydrogens is 406 g/mol. The number of hydrogen-bond donors (Lipinski definition) is 1. The van der Waals surface area contributed by atoms with E-state index < -0.39 is 0 Å². The average molecular weight is 424 g/mol. The number of carbonyl (C=O) groups is 2. The second-order valence-corrected chi connectivity index (χ2v) is 6.93. The third-order valence-corrected chi connectivity index (χ3v) is 4.57. The lowest BCUT2D eigenvalue weighted by molar-refractivity contribution is 0.0921. The topological polar surface area (TPSA) is 55.4 Å². The zero-order chi connectivity index (χ0) is 19.2. The van der Waals surface area contributed by atoms with Crippen molar-refractivity contribution in [3.63, 3.8) is 0 Å². The van der Waals surface area contributed by atoms with E-state index in [1.807, 2.05) is 37.3 Å². The summed E-state index contributed by atoms with van der Waals surface area (Å²) in [6, 6.07) is 21.5. The highest BCUT2D eigenvalue weighted by atomic mass is 79.9. The molecule has 3 aromatic rings. The molecule has 0 aliphatic heterocycles. The maximum atomic E-state index is 12.3. The van der Waals surface area contributed by atoms with E-state index in [2.05, 4.69) is 21.2 Å². The molecule has 1 N–H and O–H groups in total. The van der Waals surface area contributed by atoms with Gasteiger partial charge in [0.05, 0.1) is 0 Å². The molecule has 0 aromatic heterocycles. The Hall–Kier alpha value is -2.92. The molecule has 27 heavy (non-hydrogen) atoms. The van der Waals surface area contributed by atoms with E-state index in [4.69, 9.17) is 4.74 Å². The van der Waals surface area contributed by atoms with E-state index in [0.717, 1.165) is 10.0 Å². The number of halogens is 1. The maximum absolute atomic E-state index is 12.3. The first-order chi connectivity index (χ1) is 13.0. The number of ketones is 1. The Morgan fingerprint density at radius 2 is 1.59 bits per heavy atom. The Morgan fingerprint density at radius 3 is 2.26 bits per heavy atom. The first kappa shape index (κ1) is 18.9. The largest absolute Gasteiger partial charge is 0.485 e.